The van der Waals surface area contributed by atoms with Crippen molar-refractivity contribution < 1.29 is 23.8 Å². The molecule has 1 aromatic rings. The van der Waals surface area contributed by atoms with E-state index >= 15 is 0 Å². The van der Waals surface area contributed by atoms with Gasteiger partial charge in [0, 0.05) is 6.42 Å². The fourth-order valence-corrected chi connectivity index (χ4v) is 1.53. The quantitative estimate of drug-likeness (QED) is 0.556. The number of ketones is 1. The molecule has 0 bridgehead atoms. The van der Waals surface area contributed by atoms with Crippen LogP contribution in [0.2, 0.25) is 0 Å². The first-order valence-electron chi connectivity index (χ1n) is 6.03. The summed E-state index contributed by atoms with van der Waals surface area (Å²) in [5.41, 5.74) is 0.683. The molecule has 0 aromatic heterocycles. The summed E-state index contributed by atoms with van der Waals surface area (Å²) in [6.07, 6.45) is 0.855. The van der Waals surface area contributed by atoms with E-state index in [0.717, 1.165) is 6.42 Å². The van der Waals surface area contributed by atoms with Crippen LogP contribution in [0.4, 0.5) is 0 Å². The van der Waals surface area contributed by atoms with Gasteiger partial charge in [-0.2, -0.15) is 0 Å². The molecule has 0 unspecified atom stereocenters. The van der Waals surface area contributed by atoms with Crippen LogP contribution in [0.1, 0.15) is 18.9 Å². The Morgan fingerprint density at radius 1 is 1.16 bits per heavy atom. The number of benzene rings is 1. The van der Waals surface area contributed by atoms with Crippen LogP contribution in [0.15, 0.2) is 18.2 Å². The molecule has 5 nitrogen and oxygen atoms in total. The minimum absolute atomic E-state index is 0.0147. The molecule has 0 atom stereocenters. The second kappa shape index (κ2) is 7.41. The van der Waals surface area contributed by atoms with Crippen LogP contribution in [0, 0.1) is 0 Å². The van der Waals surface area contributed by atoms with Crippen molar-refractivity contribution in [3.8, 4) is 11.5 Å². The topological polar surface area (TPSA) is 61.8 Å². The minimum atomic E-state index is -0.841. The van der Waals surface area contributed by atoms with Gasteiger partial charge in [-0.3, -0.25) is 4.79 Å². The number of rotatable bonds is 7. The highest BCUT2D eigenvalue weighted by Crippen LogP contribution is 2.28. The Morgan fingerprint density at radius 2 is 1.89 bits per heavy atom. The van der Waals surface area contributed by atoms with Gasteiger partial charge in [0.1, 0.15) is 0 Å². The van der Waals surface area contributed by atoms with Crippen LogP contribution in [-0.4, -0.2) is 32.6 Å². The monoisotopic (exact) mass is 266 g/mol. The first-order chi connectivity index (χ1) is 9.12. The van der Waals surface area contributed by atoms with Crippen LogP contribution in [-0.2, 0) is 20.7 Å². The Kier molecular flexibility index (Phi) is 5.85. The van der Waals surface area contributed by atoms with Gasteiger partial charge < -0.3 is 14.2 Å². The van der Waals surface area contributed by atoms with Crippen LogP contribution in [0.25, 0.3) is 0 Å². The van der Waals surface area contributed by atoms with Crippen molar-refractivity contribution in [1.82, 2.24) is 0 Å². The second-order valence-corrected chi connectivity index (χ2v) is 3.93. The summed E-state index contributed by atoms with van der Waals surface area (Å²) in [5.74, 6) is -0.261. The van der Waals surface area contributed by atoms with E-state index in [2.05, 4.69) is 4.74 Å². The minimum Gasteiger partial charge on any atom is -0.493 e. The molecule has 0 fully saturated rings. The van der Waals surface area contributed by atoms with E-state index in [1.54, 1.807) is 25.3 Å². The second-order valence-electron chi connectivity index (χ2n) is 3.93. The normalized spacial score (nSPS) is 9.84. The first kappa shape index (κ1) is 15.0. The number of hydrogen-bond donors (Lipinski definition) is 0. The standard InChI is InChI=1S/C14H18O5/c1-4-7-19-13-9-10(5-6-12(13)17-2)8-11(15)14(16)18-3/h5-6,9H,4,7-8H2,1-3H3. The number of carbonyl (C=O) groups excluding carboxylic acids is 2. The van der Waals surface area contributed by atoms with E-state index in [9.17, 15) is 9.59 Å². The van der Waals surface area contributed by atoms with Gasteiger partial charge in [0.25, 0.3) is 0 Å². The molecule has 0 N–H and O–H groups in total. The molecule has 0 saturated carbocycles. The zero-order chi connectivity index (χ0) is 14.3. The van der Waals surface area contributed by atoms with Gasteiger partial charge in [0.2, 0.25) is 5.78 Å². The third-order valence-electron chi connectivity index (χ3n) is 2.47. The summed E-state index contributed by atoms with van der Waals surface area (Å²) < 4.78 is 15.1. The largest absolute Gasteiger partial charge is 0.493 e. The number of ether oxygens (including phenoxy) is 3. The van der Waals surface area contributed by atoms with Gasteiger partial charge in [-0.1, -0.05) is 13.0 Å². The maximum absolute atomic E-state index is 11.5. The van der Waals surface area contributed by atoms with Gasteiger partial charge in [0.15, 0.2) is 11.5 Å². The Hall–Kier alpha value is -2.04. The lowest BCUT2D eigenvalue weighted by Gasteiger charge is -2.11. The first-order valence-corrected chi connectivity index (χ1v) is 6.03. The summed E-state index contributed by atoms with van der Waals surface area (Å²) in [6, 6.07) is 5.14. The molecule has 0 spiro atoms. The molecule has 0 radical (unpaired) electrons. The van der Waals surface area contributed by atoms with E-state index < -0.39 is 11.8 Å². The van der Waals surface area contributed by atoms with Gasteiger partial charge in [-0.05, 0) is 24.1 Å². The van der Waals surface area contributed by atoms with Crippen molar-refractivity contribution in [2.75, 3.05) is 20.8 Å². The van der Waals surface area contributed by atoms with E-state index in [1.165, 1.54) is 7.11 Å². The molecule has 0 aliphatic rings. The number of carbonyl (C=O) groups is 2. The highest BCUT2D eigenvalue weighted by Gasteiger charge is 2.15. The average Bonchev–Trinajstić information content (AvgIpc) is 2.44. The van der Waals surface area contributed by atoms with Gasteiger partial charge in [-0.25, -0.2) is 4.79 Å². The van der Waals surface area contributed by atoms with Crippen LogP contribution >= 0.6 is 0 Å². The number of hydrogen-bond acceptors (Lipinski definition) is 5. The van der Waals surface area contributed by atoms with Crippen LogP contribution in [0.3, 0.4) is 0 Å². The molecule has 104 valence electrons. The summed E-state index contributed by atoms with van der Waals surface area (Å²) >= 11 is 0. The molecule has 0 aliphatic heterocycles. The molecule has 0 aliphatic carbocycles. The Labute approximate surface area is 112 Å². The highest BCUT2D eigenvalue weighted by atomic mass is 16.5. The maximum atomic E-state index is 11.5. The Bertz CT molecular complexity index is 453. The number of methoxy groups -OCH3 is 2. The molecule has 1 aromatic carbocycles. The zero-order valence-electron chi connectivity index (χ0n) is 11.4. The number of Topliss-reactive ketones (excluding diaryl/α,β-unsaturated/α-hetero) is 1. The fraction of sp³-hybridized carbons (Fsp3) is 0.429. The van der Waals surface area contributed by atoms with Crippen LogP contribution < -0.4 is 9.47 Å². The van der Waals surface area contributed by atoms with Crippen molar-refractivity contribution in [2.45, 2.75) is 19.8 Å². The Balaban J connectivity index is 2.85. The zero-order valence-corrected chi connectivity index (χ0v) is 11.4. The van der Waals surface area contributed by atoms with Gasteiger partial charge >= 0.3 is 5.97 Å². The third-order valence-corrected chi connectivity index (χ3v) is 2.47. The van der Waals surface area contributed by atoms with Crippen molar-refractivity contribution in [1.29, 1.82) is 0 Å². The third kappa shape index (κ3) is 4.28. The van der Waals surface area contributed by atoms with Crippen molar-refractivity contribution in [3.63, 3.8) is 0 Å². The molecule has 0 saturated heterocycles. The number of esters is 1. The Morgan fingerprint density at radius 3 is 2.47 bits per heavy atom. The molecule has 0 heterocycles. The van der Waals surface area contributed by atoms with E-state index in [4.69, 9.17) is 9.47 Å². The van der Waals surface area contributed by atoms with E-state index in [0.29, 0.717) is 23.7 Å². The van der Waals surface area contributed by atoms with Gasteiger partial charge in [0.05, 0.1) is 20.8 Å². The average molecular weight is 266 g/mol. The molecule has 19 heavy (non-hydrogen) atoms. The highest BCUT2D eigenvalue weighted by molar-refractivity contribution is 6.34. The lowest BCUT2D eigenvalue weighted by Crippen LogP contribution is -2.17. The molecule has 1 rings (SSSR count). The van der Waals surface area contributed by atoms with E-state index in [1.807, 2.05) is 6.92 Å². The van der Waals surface area contributed by atoms with Crippen molar-refractivity contribution in [3.05, 3.63) is 23.8 Å². The van der Waals surface area contributed by atoms with Crippen molar-refractivity contribution >= 4 is 11.8 Å². The molecular formula is C14H18O5. The van der Waals surface area contributed by atoms with Gasteiger partial charge in [-0.15, -0.1) is 0 Å². The molecule has 0 amide bonds. The predicted octanol–water partition coefficient (Wildman–Crippen LogP) is 1.77. The van der Waals surface area contributed by atoms with Crippen molar-refractivity contribution in [2.24, 2.45) is 0 Å². The summed E-state index contributed by atoms with van der Waals surface area (Å²) in [4.78, 5) is 22.5. The maximum Gasteiger partial charge on any atom is 0.374 e. The molecular weight excluding hydrogens is 248 g/mol. The lowest BCUT2D eigenvalue weighted by atomic mass is 10.1. The fourth-order valence-electron chi connectivity index (χ4n) is 1.53. The van der Waals surface area contributed by atoms with Crippen LogP contribution in [0.5, 0.6) is 11.5 Å². The smallest absolute Gasteiger partial charge is 0.374 e. The predicted molar refractivity (Wildman–Crippen MR) is 69.5 cm³/mol. The van der Waals surface area contributed by atoms with E-state index in [-0.39, 0.29) is 6.42 Å². The summed E-state index contributed by atoms with van der Waals surface area (Å²) in [7, 11) is 2.73. The summed E-state index contributed by atoms with van der Waals surface area (Å²) in [6.45, 7) is 2.56. The summed E-state index contributed by atoms with van der Waals surface area (Å²) in [5, 5.41) is 0. The SMILES string of the molecule is CCCOc1cc(CC(=O)C(=O)OC)ccc1OC. The molecule has 5 heteroatoms. The lowest BCUT2D eigenvalue weighted by molar-refractivity contribution is -0.151.